The van der Waals surface area contributed by atoms with E-state index < -0.39 is 11.8 Å². The first-order valence-corrected chi connectivity index (χ1v) is 7.45. The highest BCUT2D eigenvalue weighted by Crippen LogP contribution is 2.23. The molecule has 1 N–H and O–H groups in total. The number of fused-ring (bicyclic) bond motifs is 1. The number of benzene rings is 1. The number of hydrogen-bond acceptors (Lipinski definition) is 3. The highest BCUT2D eigenvalue weighted by molar-refractivity contribution is 6.31. The van der Waals surface area contributed by atoms with Gasteiger partial charge in [0.2, 0.25) is 0 Å². The molecule has 3 rings (SSSR count). The summed E-state index contributed by atoms with van der Waals surface area (Å²) in [6.45, 7) is 1.82. The number of carbonyl (C=O) groups is 1. The van der Waals surface area contributed by atoms with Gasteiger partial charge in [0.1, 0.15) is 11.0 Å². The molecule has 0 saturated heterocycles. The summed E-state index contributed by atoms with van der Waals surface area (Å²) >= 11 is 6.16. The first-order valence-electron chi connectivity index (χ1n) is 7.07. The van der Waals surface area contributed by atoms with Crippen LogP contribution in [0.3, 0.4) is 0 Å². The Morgan fingerprint density at radius 1 is 1.33 bits per heavy atom. The molecule has 0 aliphatic heterocycles. The van der Waals surface area contributed by atoms with Crippen LogP contribution in [0.15, 0.2) is 24.3 Å². The summed E-state index contributed by atoms with van der Waals surface area (Å²) in [7, 11) is 1.73. The van der Waals surface area contributed by atoms with Gasteiger partial charge in [-0.05, 0) is 37.3 Å². The van der Waals surface area contributed by atoms with Crippen LogP contribution >= 0.6 is 11.6 Å². The van der Waals surface area contributed by atoms with Gasteiger partial charge >= 0.3 is 5.97 Å². The van der Waals surface area contributed by atoms with Crippen LogP contribution in [0.25, 0.3) is 23.1 Å². The Balaban J connectivity index is 2.12. The van der Waals surface area contributed by atoms with E-state index in [9.17, 15) is 14.3 Å². The van der Waals surface area contributed by atoms with Gasteiger partial charge in [-0.15, -0.1) is 0 Å². The predicted molar refractivity (Wildman–Crippen MR) is 90.5 cm³/mol. The van der Waals surface area contributed by atoms with Gasteiger partial charge < -0.3 is 5.11 Å². The van der Waals surface area contributed by atoms with Crippen molar-refractivity contribution in [2.75, 3.05) is 0 Å². The summed E-state index contributed by atoms with van der Waals surface area (Å²) in [5.74, 6) is -1.57. The topological polar surface area (TPSA) is 68.0 Å². The molecule has 0 aliphatic rings. The van der Waals surface area contributed by atoms with Crippen LogP contribution in [0, 0.1) is 12.7 Å². The Bertz CT molecular complexity index is 995. The van der Waals surface area contributed by atoms with Crippen molar-refractivity contribution < 1.29 is 14.3 Å². The second-order valence-corrected chi connectivity index (χ2v) is 5.67. The molecule has 2 aromatic heterocycles. The van der Waals surface area contributed by atoms with Crippen molar-refractivity contribution in [3.05, 3.63) is 57.8 Å². The van der Waals surface area contributed by atoms with Crippen LogP contribution in [0.5, 0.6) is 0 Å². The average Bonchev–Trinajstić information content (AvgIpc) is 2.76. The van der Waals surface area contributed by atoms with Gasteiger partial charge in [-0.2, -0.15) is 5.10 Å². The monoisotopic (exact) mass is 345 g/mol. The fourth-order valence-electron chi connectivity index (χ4n) is 2.49. The normalized spacial score (nSPS) is 11.5. The maximum atomic E-state index is 13.4. The van der Waals surface area contributed by atoms with E-state index in [2.05, 4.69) is 10.1 Å². The highest BCUT2D eigenvalue weighted by Gasteiger charge is 2.12. The van der Waals surface area contributed by atoms with Crippen molar-refractivity contribution >= 4 is 40.6 Å². The Hall–Kier alpha value is -2.73. The summed E-state index contributed by atoms with van der Waals surface area (Å²) in [6, 6.07) is 5.28. The maximum Gasteiger partial charge on any atom is 0.336 e. The fourth-order valence-corrected chi connectivity index (χ4v) is 2.73. The molecule has 1 aromatic carbocycles. The molecular weight excluding hydrogens is 333 g/mol. The van der Waals surface area contributed by atoms with Gasteiger partial charge in [-0.25, -0.2) is 14.2 Å². The first kappa shape index (κ1) is 16.1. The van der Waals surface area contributed by atoms with Crippen molar-refractivity contribution in [3.8, 4) is 0 Å². The first-order chi connectivity index (χ1) is 11.4. The lowest BCUT2D eigenvalue weighted by Crippen LogP contribution is -2.00. The van der Waals surface area contributed by atoms with E-state index in [1.54, 1.807) is 23.9 Å². The largest absolute Gasteiger partial charge is 0.478 e. The molecule has 0 aliphatic carbocycles. The number of aryl methyl sites for hydroxylation is 2. The summed E-state index contributed by atoms with van der Waals surface area (Å²) in [5.41, 5.74) is 2.20. The molecule has 0 amide bonds. The summed E-state index contributed by atoms with van der Waals surface area (Å²) in [4.78, 5) is 15.8. The molecule has 0 fully saturated rings. The lowest BCUT2D eigenvalue weighted by Gasteiger charge is -2.04. The molecule has 5 nitrogen and oxygen atoms in total. The van der Waals surface area contributed by atoms with E-state index >= 15 is 0 Å². The van der Waals surface area contributed by atoms with Crippen LogP contribution in [-0.2, 0) is 7.05 Å². The standard InChI is InChI=1S/C17H13ClFN3O2/c1-9-12(16(18)22(2)21-9)6-4-11-8-14(17(23)24)13-5-3-10(19)7-15(13)20-11/h3-8H,1-2H3,(H,23,24). The van der Waals surface area contributed by atoms with Crippen molar-refractivity contribution in [1.29, 1.82) is 0 Å². The van der Waals surface area contributed by atoms with Crippen LogP contribution in [0.2, 0.25) is 5.15 Å². The molecule has 2 heterocycles. The Kier molecular flexibility index (Phi) is 4.07. The summed E-state index contributed by atoms with van der Waals surface area (Å²) < 4.78 is 15.0. The number of pyridine rings is 1. The van der Waals surface area contributed by atoms with Crippen LogP contribution in [-0.4, -0.2) is 25.8 Å². The van der Waals surface area contributed by atoms with Crippen LogP contribution < -0.4 is 0 Å². The molecule has 0 radical (unpaired) electrons. The smallest absolute Gasteiger partial charge is 0.336 e. The van der Waals surface area contributed by atoms with E-state index in [0.29, 0.717) is 16.2 Å². The Morgan fingerprint density at radius 3 is 2.71 bits per heavy atom. The molecule has 122 valence electrons. The third-order valence-electron chi connectivity index (χ3n) is 3.64. The quantitative estimate of drug-likeness (QED) is 0.780. The minimum Gasteiger partial charge on any atom is -0.478 e. The SMILES string of the molecule is Cc1nn(C)c(Cl)c1C=Cc1cc(C(=O)O)c2ccc(F)cc2n1. The third-order valence-corrected chi connectivity index (χ3v) is 4.09. The van der Waals surface area contributed by atoms with Gasteiger partial charge in [0.25, 0.3) is 0 Å². The maximum absolute atomic E-state index is 13.4. The second kappa shape index (κ2) is 6.05. The van der Waals surface area contributed by atoms with Crippen molar-refractivity contribution in [2.45, 2.75) is 6.92 Å². The number of carboxylic acids is 1. The predicted octanol–water partition coefficient (Wildman–Crippen LogP) is 3.94. The lowest BCUT2D eigenvalue weighted by atomic mass is 10.1. The lowest BCUT2D eigenvalue weighted by molar-refractivity contribution is 0.0699. The molecular formula is C17H13ClFN3O2. The zero-order valence-corrected chi connectivity index (χ0v) is 13.7. The molecule has 24 heavy (non-hydrogen) atoms. The van der Waals surface area contributed by atoms with Gasteiger partial charge in [0.05, 0.1) is 22.5 Å². The summed E-state index contributed by atoms with van der Waals surface area (Å²) in [6.07, 6.45) is 3.34. The fraction of sp³-hybridized carbons (Fsp3) is 0.118. The van der Waals surface area contributed by atoms with Crippen molar-refractivity contribution in [3.63, 3.8) is 0 Å². The molecule has 0 atom stereocenters. The average molecular weight is 346 g/mol. The van der Waals surface area contributed by atoms with Gasteiger partial charge in [-0.1, -0.05) is 11.6 Å². The summed E-state index contributed by atoms with van der Waals surface area (Å²) in [5, 5.41) is 14.4. The highest BCUT2D eigenvalue weighted by atomic mass is 35.5. The minimum absolute atomic E-state index is 0.0636. The molecule has 0 saturated carbocycles. The van der Waals surface area contributed by atoms with Crippen molar-refractivity contribution in [2.24, 2.45) is 7.05 Å². The molecule has 0 unspecified atom stereocenters. The number of hydrogen-bond donors (Lipinski definition) is 1. The Morgan fingerprint density at radius 2 is 2.08 bits per heavy atom. The van der Waals surface area contributed by atoms with E-state index in [4.69, 9.17) is 11.6 Å². The zero-order valence-electron chi connectivity index (χ0n) is 12.9. The molecule has 7 heteroatoms. The van der Waals surface area contributed by atoms with E-state index in [0.717, 1.165) is 11.3 Å². The Labute approximate surface area is 142 Å². The van der Waals surface area contributed by atoms with Crippen molar-refractivity contribution in [1.82, 2.24) is 14.8 Å². The molecule has 0 spiro atoms. The zero-order chi connectivity index (χ0) is 17.4. The number of aromatic nitrogens is 3. The van der Waals surface area contributed by atoms with Gasteiger partial charge in [-0.3, -0.25) is 4.68 Å². The van der Waals surface area contributed by atoms with E-state index in [1.807, 2.05) is 6.92 Å². The van der Waals surface area contributed by atoms with Gasteiger partial charge in [0.15, 0.2) is 0 Å². The molecule has 0 bridgehead atoms. The van der Waals surface area contributed by atoms with Crippen LogP contribution in [0.1, 0.15) is 27.3 Å². The second-order valence-electron chi connectivity index (χ2n) is 5.31. The van der Waals surface area contributed by atoms with Crippen LogP contribution in [0.4, 0.5) is 4.39 Å². The minimum atomic E-state index is -1.10. The van der Waals surface area contributed by atoms with E-state index in [-0.39, 0.29) is 11.1 Å². The number of rotatable bonds is 3. The number of carboxylic acid groups (broad SMARTS) is 1. The number of halogens is 2. The third kappa shape index (κ3) is 2.88. The number of nitrogens with zero attached hydrogens (tertiary/aromatic N) is 3. The van der Waals surface area contributed by atoms with Gasteiger partial charge in [0, 0.05) is 24.1 Å². The number of aromatic carboxylic acids is 1. The van der Waals surface area contributed by atoms with E-state index in [1.165, 1.54) is 24.3 Å². The molecule has 3 aromatic rings.